The van der Waals surface area contributed by atoms with Gasteiger partial charge in [0.25, 0.3) is 0 Å². The molecule has 1 atom stereocenters. The quantitative estimate of drug-likeness (QED) is 0.531. The zero-order valence-electron chi connectivity index (χ0n) is 11.4. The average molecular weight is 460 g/mol. The zero-order chi connectivity index (χ0) is 13.9. The summed E-state index contributed by atoms with van der Waals surface area (Å²) in [4.78, 5) is 4.41. The van der Waals surface area contributed by atoms with Crippen LogP contribution in [0.25, 0.3) is 17.1 Å². The number of hydrogen-bond donors (Lipinski definition) is 0. The summed E-state index contributed by atoms with van der Waals surface area (Å²) in [5, 5.41) is 0. The van der Waals surface area contributed by atoms with Gasteiger partial charge in [0, 0.05) is 32.9 Å². The average Bonchev–Trinajstić information content (AvgIpc) is 2.94. The molecule has 1 aromatic heterocycles. The van der Waals surface area contributed by atoms with Gasteiger partial charge in [0.1, 0.15) is 6.17 Å². The van der Waals surface area contributed by atoms with Crippen molar-refractivity contribution in [1.29, 1.82) is 0 Å². The third kappa shape index (κ3) is 3.30. The first-order valence-electron chi connectivity index (χ1n) is 6.51. The molecule has 3 rings (SSSR count). The fourth-order valence-corrected chi connectivity index (χ4v) is 2.10. The smallest absolute Gasteiger partial charge is 0.140 e. The van der Waals surface area contributed by atoms with Gasteiger partial charge in [-0.2, -0.15) is 0 Å². The summed E-state index contributed by atoms with van der Waals surface area (Å²) < 4.78 is 15.5. The van der Waals surface area contributed by atoms with Crippen molar-refractivity contribution in [3.05, 3.63) is 72.6 Å². The molecule has 0 fully saturated rings. The van der Waals surface area contributed by atoms with E-state index >= 15 is 0 Å². The van der Waals surface area contributed by atoms with Crippen LogP contribution < -0.4 is 0 Å². The van der Waals surface area contributed by atoms with Crippen LogP contribution in [0, 0.1) is 6.07 Å². The third-order valence-electron chi connectivity index (χ3n) is 3.12. The first-order valence-corrected chi connectivity index (χ1v) is 6.51. The molecular formula is C17H14FN2Pt-. The predicted molar refractivity (Wildman–Crippen MR) is 77.4 cm³/mol. The Morgan fingerprint density at radius 3 is 2.43 bits per heavy atom. The molecule has 2 aromatic carbocycles. The Balaban J connectivity index is 0.00000161. The van der Waals surface area contributed by atoms with Crippen LogP contribution in [-0.4, -0.2) is 9.55 Å². The number of benzene rings is 2. The molecule has 2 nitrogen and oxygen atoms in total. The van der Waals surface area contributed by atoms with E-state index in [4.69, 9.17) is 0 Å². The Hall–Kier alpha value is -1.73. The second-order valence-electron chi connectivity index (χ2n) is 4.59. The summed E-state index contributed by atoms with van der Waals surface area (Å²) >= 11 is 0. The minimum atomic E-state index is -1.09. The van der Waals surface area contributed by atoms with E-state index in [2.05, 4.69) is 11.1 Å². The Bertz CT molecular complexity index is 636. The summed E-state index contributed by atoms with van der Waals surface area (Å²) in [6.07, 6.45) is 0.651. The van der Waals surface area contributed by atoms with Crippen molar-refractivity contribution in [3.63, 3.8) is 0 Å². The van der Waals surface area contributed by atoms with Crippen LogP contribution in [0.5, 0.6) is 0 Å². The van der Waals surface area contributed by atoms with Crippen LogP contribution in [0.2, 0.25) is 0 Å². The van der Waals surface area contributed by atoms with Crippen LogP contribution in [0.15, 0.2) is 60.8 Å². The number of hydrogen-bond acceptors (Lipinski definition) is 1. The molecule has 0 aliphatic heterocycles. The fraction of sp³-hybridized carbons (Fsp3) is 0.118. The molecule has 0 amide bonds. The van der Waals surface area contributed by atoms with Gasteiger partial charge in [-0.05, 0) is 19.1 Å². The van der Waals surface area contributed by atoms with E-state index in [1.54, 1.807) is 6.20 Å². The van der Waals surface area contributed by atoms with Gasteiger partial charge in [0.2, 0.25) is 0 Å². The van der Waals surface area contributed by atoms with Crippen LogP contribution in [0.1, 0.15) is 18.8 Å². The first kappa shape index (κ1) is 15.7. The first-order chi connectivity index (χ1) is 9.75. The molecule has 4 heteroatoms. The molecule has 0 aliphatic rings. The maximum Gasteiger partial charge on any atom is 0.140 e. The molecule has 0 aliphatic carbocycles. The van der Waals surface area contributed by atoms with Gasteiger partial charge in [-0.25, -0.2) is 4.39 Å². The minimum Gasteiger partial charge on any atom is -0.340 e. The standard InChI is InChI=1S/C17H14FN2.Pt/c1-13(18)16-12-20(15-10-6-3-7-11-15)17(19-16)14-8-4-2-5-9-14;/h2-8,10-13H,1H3;/q-1;. The summed E-state index contributed by atoms with van der Waals surface area (Å²) in [5.74, 6) is 0.705. The molecule has 0 saturated carbocycles. The Morgan fingerprint density at radius 1 is 1.10 bits per heavy atom. The van der Waals surface area contributed by atoms with Crippen LogP contribution in [0.3, 0.4) is 0 Å². The molecule has 3 aromatic rings. The van der Waals surface area contributed by atoms with Crippen molar-refractivity contribution in [2.45, 2.75) is 13.1 Å². The summed E-state index contributed by atoms with van der Waals surface area (Å²) in [5.41, 5.74) is 2.24. The Morgan fingerprint density at radius 2 is 1.81 bits per heavy atom. The van der Waals surface area contributed by atoms with Gasteiger partial charge in [-0.1, -0.05) is 18.2 Å². The van der Waals surface area contributed by atoms with Gasteiger partial charge in [0.05, 0.1) is 11.5 Å². The molecule has 110 valence electrons. The number of rotatable bonds is 3. The Labute approximate surface area is 137 Å². The van der Waals surface area contributed by atoms with Gasteiger partial charge in [-0.15, -0.1) is 35.9 Å². The van der Waals surface area contributed by atoms with E-state index in [1.165, 1.54) is 6.92 Å². The normalized spacial score (nSPS) is 11.7. The maximum atomic E-state index is 13.6. The number of nitrogens with zero attached hydrogens (tertiary/aromatic N) is 2. The van der Waals surface area contributed by atoms with E-state index in [-0.39, 0.29) is 21.1 Å². The number of aromatic nitrogens is 2. The maximum absolute atomic E-state index is 13.6. The van der Waals surface area contributed by atoms with Crippen molar-refractivity contribution in [2.75, 3.05) is 0 Å². The number of imidazole rings is 1. The molecule has 1 unspecified atom stereocenters. The second kappa shape index (κ2) is 6.82. The van der Waals surface area contributed by atoms with Crippen molar-refractivity contribution in [3.8, 4) is 17.1 Å². The monoisotopic (exact) mass is 460 g/mol. The molecule has 0 radical (unpaired) electrons. The van der Waals surface area contributed by atoms with Crippen molar-refractivity contribution in [2.24, 2.45) is 0 Å². The topological polar surface area (TPSA) is 17.8 Å². The molecule has 21 heavy (non-hydrogen) atoms. The SMILES string of the molecule is CC(F)c1cn(-c2ccccc2)c(-c2[c-]cccc2)n1.[Pt]. The molecule has 1 heterocycles. The number of para-hydroxylation sites is 1. The van der Waals surface area contributed by atoms with Gasteiger partial charge in [-0.3, -0.25) is 4.98 Å². The second-order valence-corrected chi connectivity index (χ2v) is 4.59. The van der Waals surface area contributed by atoms with E-state index in [1.807, 2.05) is 59.2 Å². The molecule has 0 N–H and O–H groups in total. The van der Waals surface area contributed by atoms with Crippen LogP contribution in [0.4, 0.5) is 4.39 Å². The minimum absolute atomic E-state index is 0. The van der Waals surface area contributed by atoms with Gasteiger partial charge in [0.15, 0.2) is 0 Å². The van der Waals surface area contributed by atoms with Gasteiger partial charge < -0.3 is 4.57 Å². The fourth-order valence-electron chi connectivity index (χ4n) is 2.10. The molecule has 0 spiro atoms. The predicted octanol–water partition coefficient (Wildman–Crippen LogP) is 4.37. The number of alkyl halides is 1. The molecule has 0 bridgehead atoms. The van der Waals surface area contributed by atoms with E-state index in [0.29, 0.717) is 11.5 Å². The zero-order valence-corrected chi connectivity index (χ0v) is 13.7. The van der Waals surface area contributed by atoms with E-state index in [9.17, 15) is 4.39 Å². The third-order valence-corrected chi connectivity index (χ3v) is 3.12. The molecule has 0 saturated heterocycles. The largest absolute Gasteiger partial charge is 0.340 e. The number of halogens is 1. The van der Waals surface area contributed by atoms with Crippen molar-refractivity contribution in [1.82, 2.24) is 9.55 Å². The van der Waals surface area contributed by atoms with Gasteiger partial charge >= 0.3 is 0 Å². The van der Waals surface area contributed by atoms with Crippen molar-refractivity contribution >= 4 is 0 Å². The van der Waals surface area contributed by atoms with E-state index < -0.39 is 6.17 Å². The van der Waals surface area contributed by atoms with E-state index in [0.717, 1.165) is 11.3 Å². The summed E-state index contributed by atoms with van der Waals surface area (Å²) in [6, 6.07) is 20.5. The van der Waals surface area contributed by atoms with Crippen molar-refractivity contribution < 1.29 is 25.5 Å². The summed E-state index contributed by atoms with van der Waals surface area (Å²) in [6.45, 7) is 1.50. The van der Waals surface area contributed by atoms with Crippen LogP contribution >= 0.6 is 0 Å². The van der Waals surface area contributed by atoms with Crippen LogP contribution in [-0.2, 0) is 21.1 Å². The Kier molecular flexibility index (Phi) is 5.08. The summed E-state index contributed by atoms with van der Waals surface area (Å²) in [7, 11) is 0. The molecular weight excluding hydrogens is 446 g/mol.